The lowest BCUT2D eigenvalue weighted by atomic mass is 9.90. The van der Waals surface area contributed by atoms with E-state index in [1.807, 2.05) is 0 Å². The summed E-state index contributed by atoms with van der Waals surface area (Å²) in [5, 5.41) is 14.5. The van der Waals surface area contributed by atoms with Crippen LogP contribution in [0.25, 0.3) is 0 Å². The van der Waals surface area contributed by atoms with E-state index in [4.69, 9.17) is 0 Å². The number of hydrazone groups is 1. The second-order valence-electron chi connectivity index (χ2n) is 6.42. The molecule has 0 saturated heterocycles. The first-order valence-electron chi connectivity index (χ1n) is 7.60. The van der Waals surface area contributed by atoms with Gasteiger partial charge in [-0.05, 0) is 41.9 Å². The number of nitro groups is 1. The van der Waals surface area contributed by atoms with Gasteiger partial charge < -0.3 is 0 Å². The van der Waals surface area contributed by atoms with Crippen molar-refractivity contribution in [3.05, 3.63) is 39.9 Å². The second kappa shape index (κ2) is 5.51. The molecule has 0 spiro atoms. The molecule has 2 aliphatic rings. The van der Waals surface area contributed by atoms with E-state index in [1.165, 1.54) is 31.2 Å². The highest BCUT2D eigenvalue weighted by atomic mass is 16.6. The smallest absolute Gasteiger partial charge is 0.269 e. The molecule has 1 aromatic carbocycles. The molecule has 0 bridgehead atoms. The minimum Gasteiger partial charge on any atom is -0.273 e. The lowest BCUT2D eigenvalue weighted by Crippen LogP contribution is -2.22. The Kier molecular flexibility index (Phi) is 3.68. The third-order valence-electron chi connectivity index (χ3n) is 5.11. The molecule has 2 fully saturated rings. The summed E-state index contributed by atoms with van der Waals surface area (Å²) in [4.78, 5) is 22.3. The standard InChI is InChI=1S/C16H19N3O3/c1-16-9-3-2-4-13(16)14(16)15(20)18-17-10-11-5-7-12(8-6-11)19(21)22/h5-8,10,13-14H,2-4,9H2,1H3,(H,18,20)/b17-10+/t13-,14+,16+/m1/s1. The molecular formula is C16H19N3O3. The third kappa shape index (κ3) is 2.61. The van der Waals surface area contributed by atoms with E-state index in [9.17, 15) is 14.9 Å². The predicted octanol–water partition coefficient (Wildman–Crippen LogP) is 2.87. The van der Waals surface area contributed by atoms with Crippen LogP contribution in [0.4, 0.5) is 5.69 Å². The predicted molar refractivity (Wildman–Crippen MR) is 82.4 cm³/mol. The molecule has 6 nitrogen and oxygen atoms in total. The van der Waals surface area contributed by atoms with E-state index in [2.05, 4.69) is 17.5 Å². The first kappa shape index (κ1) is 14.7. The Bertz CT molecular complexity index is 626. The Balaban J connectivity index is 1.56. The van der Waals surface area contributed by atoms with Gasteiger partial charge in [-0.25, -0.2) is 5.43 Å². The van der Waals surface area contributed by atoms with Gasteiger partial charge in [-0.1, -0.05) is 19.8 Å². The van der Waals surface area contributed by atoms with Crippen molar-refractivity contribution in [1.29, 1.82) is 0 Å². The first-order valence-corrected chi connectivity index (χ1v) is 7.60. The summed E-state index contributed by atoms with van der Waals surface area (Å²) in [5.74, 6) is 0.590. The molecule has 2 aliphatic carbocycles. The van der Waals surface area contributed by atoms with Crippen molar-refractivity contribution < 1.29 is 9.72 Å². The van der Waals surface area contributed by atoms with Crippen LogP contribution in [0.15, 0.2) is 29.4 Å². The van der Waals surface area contributed by atoms with Crippen LogP contribution in [0.5, 0.6) is 0 Å². The quantitative estimate of drug-likeness (QED) is 0.527. The normalized spacial score (nSPS) is 29.9. The summed E-state index contributed by atoms with van der Waals surface area (Å²) in [6.07, 6.45) is 6.21. The SMILES string of the molecule is C[C@]12CCCC[C@@H]1[C@H]2C(=O)N/N=C/c1ccc([N+](=O)[O-])cc1. The average Bonchev–Trinajstić information content (AvgIpc) is 3.13. The molecule has 0 unspecified atom stereocenters. The maximum absolute atomic E-state index is 12.2. The molecule has 3 atom stereocenters. The van der Waals surface area contributed by atoms with Crippen LogP contribution in [0.3, 0.4) is 0 Å². The molecule has 0 aliphatic heterocycles. The molecule has 0 heterocycles. The average molecular weight is 301 g/mol. The van der Waals surface area contributed by atoms with Gasteiger partial charge >= 0.3 is 0 Å². The Hall–Kier alpha value is -2.24. The summed E-state index contributed by atoms with van der Waals surface area (Å²) in [5.41, 5.74) is 3.53. The van der Waals surface area contributed by atoms with Gasteiger partial charge in [0, 0.05) is 18.1 Å². The highest BCUT2D eigenvalue weighted by Crippen LogP contribution is 2.66. The van der Waals surface area contributed by atoms with Crippen molar-refractivity contribution in [2.45, 2.75) is 32.6 Å². The van der Waals surface area contributed by atoms with Gasteiger partial charge in [0.1, 0.15) is 0 Å². The van der Waals surface area contributed by atoms with Crippen LogP contribution < -0.4 is 5.43 Å². The van der Waals surface area contributed by atoms with Crippen molar-refractivity contribution in [3.8, 4) is 0 Å². The van der Waals surface area contributed by atoms with E-state index in [0.29, 0.717) is 11.5 Å². The fourth-order valence-electron chi connectivity index (χ4n) is 3.77. The molecule has 1 aromatic rings. The van der Waals surface area contributed by atoms with E-state index in [0.717, 1.165) is 12.8 Å². The lowest BCUT2D eigenvalue weighted by Gasteiger charge is -2.15. The summed E-state index contributed by atoms with van der Waals surface area (Å²) in [6, 6.07) is 6.04. The lowest BCUT2D eigenvalue weighted by molar-refractivity contribution is -0.384. The Morgan fingerprint density at radius 1 is 1.41 bits per heavy atom. The molecule has 6 heteroatoms. The van der Waals surface area contributed by atoms with Gasteiger partial charge in [0.05, 0.1) is 11.1 Å². The van der Waals surface area contributed by atoms with Crippen molar-refractivity contribution in [2.75, 3.05) is 0 Å². The van der Waals surface area contributed by atoms with E-state index >= 15 is 0 Å². The highest BCUT2D eigenvalue weighted by Gasteiger charge is 2.64. The number of carbonyl (C=O) groups is 1. The van der Waals surface area contributed by atoms with Crippen molar-refractivity contribution in [1.82, 2.24) is 5.43 Å². The minimum absolute atomic E-state index is 0.00689. The van der Waals surface area contributed by atoms with Gasteiger partial charge in [-0.3, -0.25) is 14.9 Å². The van der Waals surface area contributed by atoms with E-state index in [1.54, 1.807) is 12.1 Å². The molecule has 0 radical (unpaired) electrons. The molecule has 3 rings (SSSR count). The fraction of sp³-hybridized carbons (Fsp3) is 0.500. The number of benzene rings is 1. The van der Waals surface area contributed by atoms with Crippen LogP contribution in [0.1, 0.15) is 38.2 Å². The number of amides is 1. The third-order valence-corrected chi connectivity index (χ3v) is 5.11. The van der Waals surface area contributed by atoms with Gasteiger partial charge in [0.25, 0.3) is 5.69 Å². The zero-order valence-electron chi connectivity index (χ0n) is 12.5. The topological polar surface area (TPSA) is 84.6 Å². The number of nitrogens with one attached hydrogen (secondary N) is 1. The van der Waals surface area contributed by atoms with Crippen molar-refractivity contribution in [3.63, 3.8) is 0 Å². The fourth-order valence-corrected chi connectivity index (χ4v) is 3.77. The molecule has 116 valence electrons. The maximum atomic E-state index is 12.2. The summed E-state index contributed by atoms with van der Waals surface area (Å²) >= 11 is 0. The molecular weight excluding hydrogens is 282 g/mol. The van der Waals surface area contributed by atoms with Gasteiger partial charge in [-0.15, -0.1) is 0 Å². The van der Waals surface area contributed by atoms with Gasteiger partial charge in [0.15, 0.2) is 0 Å². The largest absolute Gasteiger partial charge is 0.273 e. The first-order chi connectivity index (χ1) is 10.5. The number of nitro benzene ring substituents is 1. The monoisotopic (exact) mass is 301 g/mol. The van der Waals surface area contributed by atoms with Crippen LogP contribution >= 0.6 is 0 Å². The maximum Gasteiger partial charge on any atom is 0.269 e. The Labute approximate surface area is 128 Å². The molecule has 1 N–H and O–H groups in total. The number of non-ortho nitro benzene ring substituents is 1. The highest BCUT2D eigenvalue weighted by molar-refractivity contribution is 5.86. The summed E-state index contributed by atoms with van der Waals surface area (Å²) in [6.45, 7) is 2.20. The minimum atomic E-state index is -0.446. The van der Waals surface area contributed by atoms with Gasteiger partial charge in [0.2, 0.25) is 5.91 Å². The number of nitrogens with zero attached hydrogens (tertiary/aromatic N) is 2. The zero-order valence-corrected chi connectivity index (χ0v) is 12.5. The Morgan fingerprint density at radius 2 is 2.14 bits per heavy atom. The van der Waals surface area contributed by atoms with Crippen molar-refractivity contribution in [2.24, 2.45) is 22.4 Å². The summed E-state index contributed by atoms with van der Waals surface area (Å²) < 4.78 is 0. The van der Waals surface area contributed by atoms with Gasteiger partial charge in [-0.2, -0.15) is 5.10 Å². The number of carbonyl (C=O) groups excluding carboxylic acids is 1. The molecule has 0 aromatic heterocycles. The summed E-state index contributed by atoms with van der Waals surface area (Å²) in [7, 11) is 0. The van der Waals surface area contributed by atoms with Crippen LogP contribution in [0.2, 0.25) is 0 Å². The second-order valence-corrected chi connectivity index (χ2v) is 6.42. The number of rotatable bonds is 4. The molecule has 1 amide bonds. The van der Waals surface area contributed by atoms with E-state index in [-0.39, 0.29) is 22.9 Å². The number of fused-ring (bicyclic) bond motifs is 1. The number of hydrogen-bond acceptors (Lipinski definition) is 4. The Morgan fingerprint density at radius 3 is 2.73 bits per heavy atom. The van der Waals surface area contributed by atoms with Crippen molar-refractivity contribution >= 4 is 17.8 Å². The number of hydrogen-bond donors (Lipinski definition) is 1. The zero-order chi connectivity index (χ0) is 15.7. The van der Waals surface area contributed by atoms with Crippen LogP contribution in [-0.2, 0) is 4.79 Å². The van der Waals surface area contributed by atoms with Crippen LogP contribution in [0, 0.1) is 27.4 Å². The van der Waals surface area contributed by atoms with E-state index < -0.39 is 4.92 Å². The molecule has 22 heavy (non-hydrogen) atoms. The van der Waals surface area contributed by atoms with Crippen LogP contribution in [-0.4, -0.2) is 17.0 Å². The molecule has 2 saturated carbocycles.